The molecule has 0 radical (unpaired) electrons. The normalized spacial score (nSPS) is 10.6. The van der Waals surface area contributed by atoms with Gasteiger partial charge < -0.3 is 25.4 Å². The molecule has 0 aliphatic heterocycles. The Balaban J connectivity index is 0.000000232. The molecular formula is C66H78F2N4O3. The molecule has 394 valence electrons. The summed E-state index contributed by atoms with van der Waals surface area (Å²) < 4.78 is 28.7. The molecule has 0 heterocycles. The van der Waals surface area contributed by atoms with Gasteiger partial charge in [0.05, 0.1) is 5.71 Å². The van der Waals surface area contributed by atoms with E-state index in [1.165, 1.54) is 79.4 Å². The number of nitrogens with zero attached hydrogens (tertiary/aromatic N) is 1. The molecule has 7 aromatic carbocycles. The number of oxime groups is 1. The summed E-state index contributed by atoms with van der Waals surface area (Å²) in [4.78, 5) is 9.96. The van der Waals surface area contributed by atoms with Gasteiger partial charge in [-0.3, -0.25) is 0 Å². The summed E-state index contributed by atoms with van der Waals surface area (Å²) in [6.07, 6.45) is 4.34. The van der Waals surface area contributed by atoms with Gasteiger partial charge in [0.1, 0.15) is 0 Å². The molecule has 0 bridgehead atoms. The number of hydrogen-bond acceptors (Lipinski definition) is 7. The minimum Gasteiger partial charge on any atom is -0.505 e. The fourth-order valence-electron chi connectivity index (χ4n) is 9.50. The average Bonchev–Trinajstić information content (AvgIpc) is 3.35. The third kappa shape index (κ3) is 14.6. The van der Waals surface area contributed by atoms with E-state index in [-0.39, 0.29) is 11.5 Å². The lowest BCUT2D eigenvalue weighted by molar-refractivity contribution is 0.321. The zero-order valence-electron chi connectivity index (χ0n) is 47.4. The Labute approximate surface area is 446 Å². The summed E-state index contributed by atoms with van der Waals surface area (Å²) in [6.45, 7) is 36.6. The van der Waals surface area contributed by atoms with Gasteiger partial charge in [-0.1, -0.05) is 82.5 Å². The third-order valence-electron chi connectivity index (χ3n) is 13.7. The van der Waals surface area contributed by atoms with Crippen LogP contribution in [0.3, 0.4) is 0 Å². The summed E-state index contributed by atoms with van der Waals surface area (Å²) in [5, 5.41) is 20.3. The molecule has 0 saturated heterocycles. The van der Waals surface area contributed by atoms with Crippen molar-refractivity contribution in [2.75, 3.05) is 23.7 Å². The molecule has 0 spiro atoms. The third-order valence-corrected chi connectivity index (χ3v) is 13.7. The maximum Gasteiger partial charge on any atom is 0.193 e. The second-order valence-electron chi connectivity index (χ2n) is 20.3. The van der Waals surface area contributed by atoms with E-state index >= 15 is 0 Å². The maximum absolute atomic E-state index is 14.8. The van der Waals surface area contributed by atoms with Gasteiger partial charge in [0, 0.05) is 24.5 Å². The van der Waals surface area contributed by atoms with Gasteiger partial charge in [-0.2, -0.15) is 5.90 Å². The molecule has 7 aromatic rings. The molecule has 0 aliphatic rings. The van der Waals surface area contributed by atoms with Gasteiger partial charge in [-0.15, -0.1) is 0 Å². The molecule has 0 saturated carbocycles. The van der Waals surface area contributed by atoms with E-state index in [4.69, 9.17) is 15.6 Å². The van der Waals surface area contributed by atoms with Crippen molar-refractivity contribution in [1.29, 1.82) is 0 Å². The minimum atomic E-state index is -0.595. The molecule has 7 nitrogen and oxygen atoms in total. The van der Waals surface area contributed by atoms with Crippen molar-refractivity contribution in [3.05, 3.63) is 193 Å². The summed E-state index contributed by atoms with van der Waals surface area (Å²) in [5.74, 6) is 4.68. The monoisotopic (exact) mass is 1010 g/mol. The standard InChI is InChI=1S/C30H35FN2O.C27H30FNO.C9H13NO/c1-18(2)15-16-32-26-12-9-24(10-13-26)29-20(5)22(7)30(23(8)21(29)6)25-11-14-28(27(31)17-25)34-33-19(3)4;1-16(2)13-14-29-23-10-7-21(8-11-23)26-17(3)19(5)27(20(6)18(26)4)22-9-12-25(30)24(28)15-22;1-6-4-7(2)9(11-10)8(3)5-6/h9-15,17,32H,16H2,1-8H3;7-13,15,29-30H,14H2,1-6H3;4-5H,10H2,1-3H3. The topological polar surface area (TPSA) is 101 Å². The Morgan fingerprint density at radius 1 is 0.493 bits per heavy atom. The first-order chi connectivity index (χ1) is 35.4. The Morgan fingerprint density at radius 3 is 1.17 bits per heavy atom. The van der Waals surface area contributed by atoms with E-state index in [2.05, 4.69) is 179 Å². The van der Waals surface area contributed by atoms with Gasteiger partial charge in [-0.05, 0) is 266 Å². The first-order valence-electron chi connectivity index (χ1n) is 25.5. The SMILES string of the molecule is CC(C)=CCNc1ccc(-c2c(C)c(C)c(-c3ccc(O)c(F)c3)c(C)c2C)cc1.CC(C)=CCNc1ccc(-c2c(C)c(C)c(-c3ccc(ON=C(C)C)c(F)c3)c(C)c2C)cc1.Cc1cc(C)c(ON)c(C)c1. The number of rotatable bonds is 13. The van der Waals surface area contributed by atoms with Crippen LogP contribution in [0.4, 0.5) is 20.2 Å². The fourth-order valence-corrected chi connectivity index (χ4v) is 9.50. The highest BCUT2D eigenvalue weighted by molar-refractivity contribution is 5.85. The molecule has 0 aromatic heterocycles. The molecule has 9 heteroatoms. The van der Waals surface area contributed by atoms with Crippen molar-refractivity contribution in [3.8, 4) is 61.8 Å². The van der Waals surface area contributed by atoms with Gasteiger partial charge >= 0.3 is 0 Å². The lowest BCUT2D eigenvalue weighted by Gasteiger charge is -2.21. The van der Waals surface area contributed by atoms with E-state index in [0.29, 0.717) is 0 Å². The second kappa shape index (κ2) is 26.1. The highest BCUT2D eigenvalue weighted by Crippen LogP contribution is 2.42. The summed E-state index contributed by atoms with van der Waals surface area (Å²) in [7, 11) is 0. The molecule has 0 aliphatic carbocycles. The van der Waals surface area contributed by atoms with Crippen molar-refractivity contribution in [2.24, 2.45) is 11.1 Å². The van der Waals surface area contributed by atoms with Crippen LogP contribution in [0.15, 0.2) is 126 Å². The fraction of sp³-hybridized carbons (Fsp3) is 0.288. The zero-order valence-corrected chi connectivity index (χ0v) is 47.4. The Hall–Kier alpha value is -7.49. The second-order valence-corrected chi connectivity index (χ2v) is 20.3. The molecule has 0 amide bonds. The molecule has 7 rings (SSSR count). The number of aryl methyl sites for hydroxylation is 3. The smallest absolute Gasteiger partial charge is 0.193 e. The van der Waals surface area contributed by atoms with Crippen molar-refractivity contribution in [3.63, 3.8) is 0 Å². The van der Waals surface area contributed by atoms with Crippen molar-refractivity contribution in [2.45, 2.75) is 118 Å². The molecule has 75 heavy (non-hydrogen) atoms. The number of halogens is 2. The number of allylic oxidation sites excluding steroid dienone is 2. The molecule has 0 unspecified atom stereocenters. The highest BCUT2D eigenvalue weighted by atomic mass is 19.1. The Morgan fingerprint density at radius 2 is 0.840 bits per heavy atom. The number of nitrogens with two attached hydrogens (primary N) is 1. The van der Waals surface area contributed by atoms with Gasteiger partial charge in [0.2, 0.25) is 0 Å². The number of hydrogen-bond donors (Lipinski definition) is 4. The summed E-state index contributed by atoms with van der Waals surface area (Å²) in [5.41, 5.74) is 26.8. The minimum absolute atomic E-state index is 0.128. The number of nitrogens with one attached hydrogen (secondary N) is 2. The maximum atomic E-state index is 14.8. The molecule has 0 fully saturated rings. The highest BCUT2D eigenvalue weighted by Gasteiger charge is 2.20. The van der Waals surface area contributed by atoms with Crippen LogP contribution in [-0.4, -0.2) is 23.9 Å². The average molecular weight is 1010 g/mol. The van der Waals surface area contributed by atoms with Crippen LogP contribution >= 0.6 is 0 Å². The molecule has 0 atom stereocenters. The van der Waals surface area contributed by atoms with Crippen LogP contribution in [0.5, 0.6) is 17.2 Å². The van der Waals surface area contributed by atoms with Gasteiger partial charge in [-0.25, -0.2) is 8.78 Å². The largest absolute Gasteiger partial charge is 0.505 e. The van der Waals surface area contributed by atoms with Crippen LogP contribution in [0.1, 0.15) is 103 Å². The number of phenols is 1. The Bertz CT molecular complexity index is 3160. The number of aromatic hydroxyl groups is 1. The summed E-state index contributed by atoms with van der Waals surface area (Å²) >= 11 is 0. The van der Waals surface area contributed by atoms with E-state index in [9.17, 15) is 13.9 Å². The predicted octanol–water partition coefficient (Wildman–Crippen LogP) is 17.9. The summed E-state index contributed by atoms with van der Waals surface area (Å²) in [6, 6.07) is 30.9. The number of anilines is 2. The van der Waals surface area contributed by atoms with E-state index < -0.39 is 11.6 Å². The predicted molar refractivity (Wildman–Crippen MR) is 315 cm³/mol. The van der Waals surface area contributed by atoms with Crippen LogP contribution in [0.25, 0.3) is 44.5 Å². The van der Waals surface area contributed by atoms with Crippen LogP contribution in [0, 0.1) is 87.8 Å². The van der Waals surface area contributed by atoms with Crippen molar-refractivity contribution in [1.82, 2.24) is 0 Å². The van der Waals surface area contributed by atoms with E-state index in [1.54, 1.807) is 26.0 Å². The van der Waals surface area contributed by atoms with Crippen LogP contribution in [-0.2, 0) is 0 Å². The molecular weight excluding hydrogens is 935 g/mol. The lowest BCUT2D eigenvalue weighted by Crippen LogP contribution is -2.05. The van der Waals surface area contributed by atoms with Crippen molar-refractivity contribution < 1.29 is 23.6 Å². The quantitative estimate of drug-likeness (QED) is 0.0522. The lowest BCUT2D eigenvalue weighted by atomic mass is 9.83. The van der Waals surface area contributed by atoms with Gasteiger partial charge in [0.15, 0.2) is 28.9 Å². The zero-order chi connectivity index (χ0) is 55.4. The first kappa shape index (κ1) is 58.4. The van der Waals surface area contributed by atoms with Crippen LogP contribution < -0.4 is 26.2 Å². The number of phenolic OH excluding ortho intramolecular Hbond substituents is 1. The van der Waals surface area contributed by atoms with E-state index in [0.717, 1.165) is 91.6 Å². The first-order valence-corrected chi connectivity index (χ1v) is 25.5. The van der Waals surface area contributed by atoms with E-state index in [1.807, 2.05) is 19.9 Å². The number of benzene rings is 7. The molecule has 5 N–H and O–H groups in total. The van der Waals surface area contributed by atoms with Crippen LogP contribution in [0.2, 0.25) is 0 Å². The Kier molecular flexibility index (Phi) is 20.3. The van der Waals surface area contributed by atoms with Crippen molar-refractivity contribution >= 4 is 17.1 Å². The van der Waals surface area contributed by atoms with Gasteiger partial charge in [0.25, 0.3) is 0 Å².